The third kappa shape index (κ3) is 5.24. The molecule has 0 aromatic heterocycles. The highest BCUT2D eigenvalue weighted by Gasteiger charge is 2.20. The highest BCUT2D eigenvalue weighted by Crippen LogP contribution is 2.27. The van der Waals surface area contributed by atoms with Crippen LogP contribution in [-0.4, -0.2) is 37.6 Å². The van der Waals surface area contributed by atoms with Crippen molar-refractivity contribution < 1.29 is 9.53 Å². The van der Waals surface area contributed by atoms with Gasteiger partial charge in [0.25, 0.3) is 0 Å². The van der Waals surface area contributed by atoms with Crippen molar-refractivity contribution >= 4 is 5.91 Å². The van der Waals surface area contributed by atoms with Crippen LogP contribution >= 0.6 is 0 Å². The number of nitrogens with zero attached hydrogens (tertiary/aromatic N) is 1. The number of amides is 1. The van der Waals surface area contributed by atoms with Gasteiger partial charge in [0.2, 0.25) is 5.91 Å². The molecule has 128 valence electrons. The number of carbonyl (C=O) groups is 1. The molecular formula is C19H30N2O2. The summed E-state index contributed by atoms with van der Waals surface area (Å²) >= 11 is 0. The van der Waals surface area contributed by atoms with E-state index < -0.39 is 0 Å². The average molecular weight is 318 g/mol. The van der Waals surface area contributed by atoms with Crippen LogP contribution in [0.15, 0.2) is 24.3 Å². The van der Waals surface area contributed by atoms with E-state index in [4.69, 9.17) is 4.74 Å². The minimum absolute atomic E-state index is 0.126. The Morgan fingerprint density at radius 1 is 1.26 bits per heavy atom. The summed E-state index contributed by atoms with van der Waals surface area (Å²) in [5, 5.41) is 3.21. The fourth-order valence-corrected chi connectivity index (χ4v) is 3.31. The molecule has 1 aliphatic rings. The lowest BCUT2D eigenvalue weighted by Crippen LogP contribution is -2.41. The standard InChI is InChI=1S/C19H30N2O2/c1-15(17-12-8-9-13-18(17)23-3)21(2)14-19(22)20-16-10-6-4-5-7-11-16/h8-9,12-13,15-16H,4-7,10-11,14H2,1-3H3,(H,20,22)/t15-/m0/s1. The monoisotopic (exact) mass is 318 g/mol. The number of benzene rings is 1. The van der Waals surface area contributed by atoms with Gasteiger partial charge in [0.05, 0.1) is 13.7 Å². The van der Waals surface area contributed by atoms with Crippen molar-refractivity contribution in [2.75, 3.05) is 20.7 Å². The summed E-state index contributed by atoms with van der Waals surface area (Å²) in [5.41, 5.74) is 1.11. The molecule has 0 radical (unpaired) electrons. The molecule has 0 spiro atoms. The van der Waals surface area contributed by atoms with E-state index in [0.29, 0.717) is 12.6 Å². The molecule has 4 heteroatoms. The van der Waals surface area contributed by atoms with Crippen LogP contribution in [0.25, 0.3) is 0 Å². The predicted octanol–water partition coefficient (Wildman–Crippen LogP) is 3.53. The SMILES string of the molecule is COc1ccccc1[C@H](C)N(C)CC(=O)NC1CCCCCC1. The van der Waals surface area contributed by atoms with Crippen LogP contribution in [0.5, 0.6) is 5.75 Å². The van der Waals surface area contributed by atoms with E-state index >= 15 is 0 Å². The lowest BCUT2D eigenvalue weighted by molar-refractivity contribution is -0.123. The Morgan fingerprint density at radius 2 is 1.91 bits per heavy atom. The summed E-state index contributed by atoms with van der Waals surface area (Å²) in [4.78, 5) is 14.4. The first kappa shape index (κ1) is 17.8. The normalized spacial score (nSPS) is 17.6. The zero-order valence-electron chi connectivity index (χ0n) is 14.7. The summed E-state index contributed by atoms with van der Waals surface area (Å²) < 4.78 is 5.43. The maximum Gasteiger partial charge on any atom is 0.234 e. The summed E-state index contributed by atoms with van der Waals surface area (Å²) in [7, 11) is 3.67. The number of nitrogens with one attached hydrogen (secondary N) is 1. The second-order valence-electron chi connectivity index (χ2n) is 6.59. The zero-order valence-corrected chi connectivity index (χ0v) is 14.7. The third-order valence-corrected chi connectivity index (χ3v) is 4.86. The second-order valence-corrected chi connectivity index (χ2v) is 6.59. The van der Waals surface area contributed by atoms with Crippen molar-refractivity contribution in [2.45, 2.75) is 57.5 Å². The smallest absolute Gasteiger partial charge is 0.234 e. The molecule has 0 bridgehead atoms. The topological polar surface area (TPSA) is 41.6 Å². The Hall–Kier alpha value is -1.55. The van der Waals surface area contributed by atoms with E-state index in [0.717, 1.165) is 24.2 Å². The Labute approximate surface area is 140 Å². The van der Waals surface area contributed by atoms with E-state index in [1.165, 1.54) is 25.7 Å². The maximum absolute atomic E-state index is 12.3. The third-order valence-electron chi connectivity index (χ3n) is 4.86. The van der Waals surface area contributed by atoms with Crippen LogP contribution in [0.3, 0.4) is 0 Å². The van der Waals surface area contributed by atoms with Gasteiger partial charge in [0.1, 0.15) is 5.75 Å². The summed E-state index contributed by atoms with van der Waals surface area (Å²) in [6.45, 7) is 2.52. The van der Waals surface area contributed by atoms with Crippen LogP contribution in [0.1, 0.15) is 57.1 Å². The minimum atomic E-state index is 0.126. The quantitative estimate of drug-likeness (QED) is 0.816. The molecule has 1 aromatic carbocycles. The van der Waals surface area contributed by atoms with Crippen LogP contribution in [0.4, 0.5) is 0 Å². The molecule has 1 amide bonds. The van der Waals surface area contributed by atoms with Gasteiger partial charge in [-0.2, -0.15) is 0 Å². The van der Waals surface area contributed by atoms with Crippen molar-refractivity contribution in [1.29, 1.82) is 0 Å². The molecule has 1 aliphatic carbocycles. The van der Waals surface area contributed by atoms with Gasteiger partial charge in [-0.1, -0.05) is 43.9 Å². The zero-order chi connectivity index (χ0) is 16.7. The fraction of sp³-hybridized carbons (Fsp3) is 0.632. The molecule has 0 saturated heterocycles. The van der Waals surface area contributed by atoms with Crippen LogP contribution in [-0.2, 0) is 4.79 Å². The number of hydrogen-bond acceptors (Lipinski definition) is 3. The van der Waals surface area contributed by atoms with Crippen LogP contribution < -0.4 is 10.1 Å². The molecule has 1 N–H and O–H groups in total. The Kier molecular flexibility index (Phi) is 6.90. The molecule has 4 nitrogen and oxygen atoms in total. The lowest BCUT2D eigenvalue weighted by Gasteiger charge is -2.27. The minimum Gasteiger partial charge on any atom is -0.496 e. The van der Waals surface area contributed by atoms with Crippen molar-refractivity contribution in [3.63, 3.8) is 0 Å². The highest BCUT2D eigenvalue weighted by atomic mass is 16.5. The maximum atomic E-state index is 12.3. The number of carbonyl (C=O) groups excluding carboxylic acids is 1. The molecule has 0 unspecified atom stereocenters. The first-order chi connectivity index (χ1) is 11.1. The van der Waals surface area contributed by atoms with Gasteiger partial charge >= 0.3 is 0 Å². The van der Waals surface area contributed by atoms with E-state index in [9.17, 15) is 4.79 Å². The Balaban J connectivity index is 1.89. The molecule has 23 heavy (non-hydrogen) atoms. The lowest BCUT2D eigenvalue weighted by atomic mass is 10.1. The molecule has 1 atom stereocenters. The van der Waals surface area contributed by atoms with Crippen molar-refractivity contribution in [3.05, 3.63) is 29.8 Å². The number of likely N-dealkylation sites (N-methyl/N-ethyl adjacent to an activating group) is 1. The van der Waals surface area contributed by atoms with Crippen LogP contribution in [0.2, 0.25) is 0 Å². The molecular weight excluding hydrogens is 288 g/mol. The van der Waals surface area contributed by atoms with Gasteiger partial charge in [-0.25, -0.2) is 0 Å². The highest BCUT2D eigenvalue weighted by molar-refractivity contribution is 5.78. The van der Waals surface area contributed by atoms with Crippen molar-refractivity contribution in [2.24, 2.45) is 0 Å². The van der Waals surface area contributed by atoms with E-state index in [-0.39, 0.29) is 11.9 Å². The second kappa shape index (κ2) is 8.92. The van der Waals surface area contributed by atoms with E-state index in [2.05, 4.69) is 23.2 Å². The number of rotatable bonds is 6. The van der Waals surface area contributed by atoms with Gasteiger partial charge in [-0.3, -0.25) is 9.69 Å². The average Bonchev–Trinajstić information content (AvgIpc) is 2.82. The summed E-state index contributed by atoms with van der Waals surface area (Å²) in [6, 6.07) is 8.49. The predicted molar refractivity (Wildman–Crippen MR) is 93.7 cm³/mol. The van der Waals surface area contributed by atoms with E-state index in [1.807, 2.05) is 25.2 Å². The number of hydrogen-bond donors (Lipinski definition) is 1. The molecule has 0 heterocycles. The Bertz CT molecular complexity index is 496. The molecule has 0 aliphatic heterocycles. The van der Waals surface area contributed by atoms with Crippen molar-refractivity contribution in [3.8, 4) is 5.75 Å². The molecule has 1 saturated carbocycles. The summed E-state index contributed by atoms with van der Waals surface area (Å²) in [6.07, 6.45) is 7.32. The number of methoxy groups -OCH3 is 1. The van der Waals surface area contributed by atoms with Gasteiger partial charge < -0.3 is 10.1 Å². The first-order valence-electron chi connectivity index (χ1n) is 8.74. The summed E-state index contributed by atoms with van der Waals surface area (Å²) in [5.74, 6) is 0.997. The van der Waals surface area contributed by atoms with E-state index in [1.54, 1.807) is 7.11 Å². The van der Waals surface area contributed by atoms with Crippen molar-refractivity contribution in [1.82, 2.24) is 10.2 Å². The van der Waals surface area contributed by atoms with Gasteiger partial charge in [0.15, 0.2) is 0 Å². The first-order valence-corrected chi connectivity index (χ1v) is 8.74. The largest absolute Gasteiger partial charge is 0.496 e. The number of ether oxygens (including phenoxy) is 1. The fourth-order valence-electron chi connectivity index (χ4n) is 3.31. The number of para-hydroxylation sites is 1. The molecule has 1 fully saturated rings. The van der Waals surface area contributed by atoms with Gasteiger partial charge in [-0.05, 0) is 32.9 Å². The van der Waals surface area contributed by atoms with Gasteiger partial charge in [-0.15, -0.1) is 0 Å². The van der Waals surface area contributed by atoms with Gasteiger partial charge in [0, 0.05) is 17.6 Å². The molecule has 1 aromatic rings. The Morgan fingerprint density at radius 3 is 2.57 bits per heavy atom. The molecule has 2 rings (SSSR count). The van der Waals surface area contributed by atoms with Crippen LogP contribution in [0, 0.1) is 0 Å².